The second kappa shape index (κ2) is 5.48. The van der Waals surface area contributed by atoms with Crippen molar-refractivity contribution in [2.75, 3.05) is 11.4 Å². The minimum absolute atomic E-state index is 0.0705. The number of hydrogen-bond donors (Lipinski definition) is 1. The molecule has 1 aromatic carbocycles. The van der Waals surface area contributed by atoms with Gasteiger partial charge in [0.25, 0.3) is 5.91 Å². The summed E-state index contributed by atoms with van der Waals surface area (Å²) in [6.45, 7) is 2.20. The van der Waals surface area contributed by atoms with Crippen LogP contribution in [0.1, 0.15) is 17.3 Å². The highest BCUT2D eigenvalue weighted by molar-refractivity contribution is 6.05. The van der Waals surface area contributed by atoms with E-state index >= 15 is 0 Å². The van der Waals surface area contributed by atoms with E-state index < -0.39 is 5.82 Å². The predicted molar refractivity (Wildman–Crippen MR) is 69.7 cm³/mol. The number of benzene rings is 1. The van der Waals surface area contributed by atoms with Gasteiger partial charge in [-0.15, -0.1) is 0 Å². The molecule has 0 fully saturated rings. The van der Waals surface area contributed by atoms with Crippen molar-refractivity contribution in [3.63, 3.8) is 0 Å². The van der Waals surface area contributed by atoms with Gasteiger partial charge in [0.2, 0.25) is 0 Å². The number of phenols is 1. The molecule has 0 aliphatic heterocycles. The van der Waals surface area contributed by atoms with Crippen molar-refractivity contribution in [2.45, 2.75) is 6.92 Å². The van der Waals surface area contributed by atoms with E-state index in [9.17, 15) is 14.3 Å². The first-order chi connectivity index (χ1) is 9.11. The number of amides is 1. The van der Waals surface area contributed by atoms with Crippen molar-refractivity contribution < 1.29 is 14.3 Å². The normalized spacial score (nSPS) is 10.2. The maximum Gasteiger partial charge on any atom is 0.259 e. The van der Waals surface area contributed by atoms with Gasteiger partial charge in [-0.1, -0.05) is 6.07 Å². The fourth-order valence-electron chi connectivity index (χ4n) is 1.79. The Balaban J connectivity index is 2.34. The SMILES string of the molecule is CCN(C(=O)c1cncc(F)c1)c1cccc(O)c1. The lowest BCUT2D eigenvalue weighted by Crippen LogP contribution is -2.30. The fraction of sp³-hybridized carbons (Fsp3) is 0.143. The van der Waals surface area contributed by atoms with Gasteiger partial charge in [0.05, 0.1) is 11.8 Å². The van der Waals surface area contributed by atoms with Gasteiger partial charge in [0.15, 0.2) is 0 Å². The number of anilines is 1. The van der Waals surface area contributed by atoms with Crippen molar-refractivity contribution >= 4 is 11.6 Å². The highest BCUT2D eigenvalue weighted by Crippen LogP contribution is 2.21. The molecule has 4 nitrogen and oxygen atoms in total. The van der Waals surface area contributed by atoms with E-state index in [0.717, 1.165) is 12.3 Å². The van der Waals surface area contributed by atoms with Gasteiger partial charge in [-0.05, 0) is 25.1 Å². The number of nitrogens with zero attached hydrogens (tertiary/aromatic N) is 2. The molecule has 1 aromatic heterocycles. The fourth-order valence-corrected chi connectivity index (χ4v) is 1.79. The van der Waals surface area contributed by atoms with Crippen molar-refractivity contribution in [1.82, 2.24) is 4.98 Å². The molecule has 0 atom stereocenters. The molecule has 0 unspecified atom stereocenters. The third-order valence-corrected chi connectivity index (χ3v) is 2.65. The van der Waals surface area contributed by atoms with Crippen molar-refractivity contribution in [3.8, 4) is 5.75 Å². The molecule has 1 heterocycles. The predicted octanol–water partition coefficient (Wildman–Crippen LogP) is 2.59. The quantitative estimate of drug-likeness (QED) is 0.922. The molecule has 0 radical (unpaired) electrons. The summed E-state index contributed by atoms with van der Waals surface area (Å²) >= 11 is 0. The Morgan fingerprint density at radius 1 is 1.37 bits per heavy atom. The lowest BCUT2D eigenvalue weighted by Gasteiger charge is -2.21. The largest absolute Gasteiger partial charge is 0.508 e. The van der Waals surface area contributed by atoms with Crippen LogP contribution in [0.3, 0.4) is 0 Å². The summed E-state index contributed by atoms with van der Waals surface area (Å²) in [5, 5.41) is 9.44. The lowest BCUT2D eigenvalue weighted by atomic mass is 10.2. The maximum atomic E-state index is 13.1. The summed E-state index contributed by atoms with van der Waals surface area (Å²) in [7, 11) is 0. The van der Waals surface area contributed by atoms with Crippen LogP contribution in [0.2, 0.25) is 0 Å². The Hall–Kier alpha value is -2.43. The lowest BCUT2D eigenvalue weighted by molar-refractivity contribution is 0.0987. The minimum Gasteiger partial charge on any atom is -0.508 e. The zero-order valence-corrected chi connectivity index (χ0v) is 10.4. The number of halogens is 1. The Morgan fingerprint density at radius 3 is 2.79 bits per heavy atom. The van der Waals surface area contributed by atoms with Crippen LogP contribution in [-0.4, -0.2) is 22.5 Å². The molecule has 0 saturated heterocycles. The van der Waals surface area contributed by atoms with Gasteiger partial charge in [0.1, 0.15) is 11.6 Å². The molecule has 98 valence electrons. The summed E-state index contributed by atoms with van der Waals surface area (Å²) in [5.41, 5.74) is 0.724. The highest BCUT2D eigenvalue weighted by Gasteiger charge is 2.17. The van der Waals surface area contributed by atoms with Crippen molar-refractivity contribution in [3.05, 3.63) is 54.1 Å². The molecule has 0 spiro atoms. The molecule has 5 heteroatoms. The average Bonchev–Trinajstić information content (AvgIpc) is 2.39. The zero-order valence-electron chi connectivity index (χ0n) is 10.4. The topological polar surface area (TPSA) is 53.4 Å². The van der Waals surface area contributed by atoms with Crippen LogP contribution < -0.4 is 4.90 Å². The number of phenolic OH excluding ortho intramolecular Hbond substituents is 1. The number of hydrogen-bond acceptors (Lipinski definition) is 3. The second-order valence-electron chi connectivity index (χ2n) is 3.96. The molecule has 0 aliphatic carbocycles. The van der Waals surface area contributed by atoms with Gasteiger partial charge in [-0.2, -0.15) is 0 Å². The number of aromatic nitrogens is 1. The maximum absolute atomic E-state index is 13.1. The Morgan fingerprint density at radius 2 is 2.16 bits per heavy atom. The number of aromatic hydroxyl groups is 1. The standard InChI is InChI=1S/C14H13FN2O2/c1-2-17(12-4-3-5-13(18)7-12)14(19)10-6-11(15)9-16-8-10/h3-9,18H,2H2,1H3. The molecule has 1 N–H and O–H groups in total. The molecule has 0 bridgehead atoms. The number of pyridine rings is 1. The molecular weight excluding hydrogens is 247 g/mol. The Bertz CT molecular complexity index is 602. The van der Waals surface area contributed by atoms with Crippen LogP contribution in [0.15, 0.2) is 42.7 Å². The highest BCUT2D eigenvalue weighted by atomic mass is 19.1. The Kier molecular flexibility index (Phi) is 3.75. The van der Waals surface area contributed by atoms with Gasteiger partial charge in [-0.3, -0.25) is 9.78 Å². The number of carbonyl (C=O) groups excluding carboxylic acids is 1. The average molecular weight is 260 g/mol. The molecule has 1 amide bonds. The van der Waals surface area contributed by atoms with Crippen LogP contribution in [-0.2, 0) is 0 Å². The van der Waals surface area contributed by atoms with Gasteiger partial charge >= 0.3 is 0 Å². The zero-order chi connectivity index (χ0) is 13.8. The molecule has 2 rings (SSSR count). The molecule has 0 saturated carbocycles. The molecular formula is C14H13FN2O2. The van der Waals surface area contributed by atoms with E-state index in [0.29, 0.717) is 12.2 Å². The molecule has 0 aliphatic rings. The monoisotopic (exact) mass is 260 g/mol. The van der Waals surface area contributed by atoms with E-state index in [1.165, 1.54) is 23.2 Å². The third kappa shape index (κ3) is 2.88. The first kappa shape index (κ1) is 13.0. The van der Waals surface area contributed by atoms with Crippen LogP contribution >= 0.6 is 0 Å². The Labute approximate surface area is 110 Å². The van der Waals surface area contributed by atoms with Gasteiger partial charge in [0, 0.05) is 24.5 Å². The van der Waals surface area contributed by atoms with E-state index in [2.05, 4.69) is 4.98 Å². The van der Waals surface area contributed by atoms with Crippen molar-refractivity contribution in [2.24, 2.45) is 0 Å². The summed E-state index contributed by atoms with van der Waals surface area (Å²) in [4.78, 5) is 17.4. The summed E-state index contributed by atoms with van der Waals surface area (Å²) in [6, 6.07) is 7.48. The molecule has 19 heavy (non-hydrogen) atoms. The summed E-state index contributed by atoms with van der Waals surface area (Å²) in [5.74, 6) is -0.848. The summed E-state index contributed by atoms with van der Waals surface area (Å²) in [6.07, 6.45) is 2.36. The van der Waals surface area contributed by atoms with Gasteiger partial charge < -0.3 is 10.0 Å². The number of carbonyl (C=O) groups is 1. The van der Waals surface area contributed by atoms with Crippen molar-refractivity contribution in [1.29, 1.82) is 0 Å². The van der Waals surface area contributed by atoms with Crippen LogP contribution in [0.25, 0.3) is 0 Å². The van der Waals surface area contributed by atoms with Crippen LogP contribution in [0, 0.1) is 5.82 Å². The van der Waals surface area contributed by atoms with Crippen LogP contribution in [0.4, 0.5) is 10.1 Å². The smallest absolute Gasteiger partial charge is 0.259 e. The molecule has 2 aromatic rings. The second-order valence-corrected chi connectivity index (χ2v) is 3.96. The first-order valence-corrected chi connectivity index (χ1v) is 5.83. The number of rotatable bonds is 3. The van der Waals surface area contributed by atoms with E-state index in [4.69, 9.17) is 0 Å². The third-order valence-electron chi connectivity index (χ3n) is 2.65. The van der Waals surface area contributed by atoms with E-state index in [1.54, 1.807) is 19.1 Å². The van der Waals surface area contributed by atoms with E-state index in [-0.39, 0.29) is 17.2 Å². The van der Waals surface area contributed by atoms with Crippen LogP contribution in [0.5, 0.6) is 5.75 Å². The summed E-state index contributed by atoms with van der Waals surface area (Å²) < 4.78 is 13.1. The minimum atomic E-state index is -0.558. The van der Waals surface area contributed by atoms with Gasteiger partial charge in [-0.25, -0.2) is 4.39 Å². The first-order valence-electron chi connectivity index (χ1n) is 5.83. The van der Waals surface area contributed by atoms with E-state index in [1.807, 2.05) is 0 Å².